The number of rotatable bonds is 7. The first kappa shape index (κ1) is 24.4. The van der Waals surface area contributed by atoms with Gasteiger partial charge < -0.3 is 15.5 Å². The standard InChI is InChI=1S/C19H28N6O.2ClH/c1-3-24(2)13-16-6-4-5-15(11-16)12-21-19(26)18-14-25(23-22-18)17-7-9-20-10-8-17;;/h4-6,11,14,17,20H,3,7-10,12-13H2,1-2H3,(H,21,26);2*1H. The maximum absolute atomic E-state index is 12.4. The molecular formula is C19H30Cl2N6O. The van der Waals surface area contributed by atoms with Crippen LogP contribution >= 0.6 is 24.8 Å². The van der Waals surface area contributed by atoms with E-state index in [9.17, 15) is 4.79 Å². The van der Waals surface area contributed by atoms with Crippen LogP contribution in [-0.4, -0.2) is 52.5 Å². The lowest BCUT2D eigenvalue weighted by molar-refractivity contribution is 0.0945. The van der Waals surface area contributed by atoms with E-state index in [1.165, 1.54) is 5.56 Å². The molecule has 3 rings (SSSR count). The topological polar surface area (TPSA) is 75.1 Å². The molecule has 7 nitrogen and oxygen atoms in total. The van der Waals surface area contributed by atoms with Gasteiger partial charge >= 0.3 is 0 Å². The fourth-order valence-corrected chi connectivity index (χ4v) is 3.16. The van der Waals surface area contributed by atoms with Crippen LogP contribution in [0.15, 0.2) is 30.5 Å². The Morgan fingerprint density at radius 1 is 1.29 bits per heavy atom. The van der Waals surface area contributed by atoms with E-state index >= 15 is 0 Å². The molecular weight excluding hydrogens is 399 g/mol. The second-order valence-corrected chi connectivity index (χ2v) is 6.90. The molecule has 1 aliphatic rings. The lowest BCUT2D eigenvalue weighted by atomic mass is 10.1. The second kappa shape index (κ2) is 12.0. The van der Waals surface area contributed by atoms with Crippen LogP contribution in [0.5, 0.6) is 0 Å². The molecule has 1 amide bonds. The summed E-state index contributed by atoms with van der Waals surface area (Å²) in [7, 11) is 2.10. The third-order valence-corrected chi connectivity index (χ3v) is 4.86. The molecule has 0 aliphatic carbocycles. The van der Waals surface area contributed by atoms with Crippen molar-refractivity contribution < 1.29 is 4.79 Å². The average molecular weight is 429 g/mol. The molecule has 2 aromatic rings. The lowest BCUT2D eigenvalue weighted by Crippen LogP contribution is -2.29. The molecule has 2 N–H and O–H groups in total. The number of nitrogens with zero attached hydrogens (tertiary/aromatic N) is 4. The van der Waals surface area contributed by atoms with Gasteiger partial charge in [-0.15, -0.1) is 29.9 Å². The molecule has 0 unspecified atom stereocenters. The van der Waals surface area contributed by atoms with Crippen LogP contribution in [0, 0.1) is 0 Å². The van der Waals surface area contributed by atoms with Gasteiger partial charge in [-0.2, -0.15) is 0 Å². The second-order valence-electron chi connectivity index (χ2n) is 6.90. The van der Waals surface area contributed by atoms with E-state index in [4.69, 9.17) is 0 Å². The maximum atomic E-state index is 12.4. The monoisotopic (exact) mass is 428 g/mol. The van der Waals surface area contributed by atoms with Crippen LogP contribution in [0.1, 0.15) is 47.4 Å². The Balaban J connectivity index is 0.00000196. The van der Waals surface area contributed by atoms with Gasteiger partial charge in [-0.25, -0.2) is 4.68 Å². The molecule has 9 heteroatoms. The van der Waals surface area contributed by atoms with Crippen molar-refractivity contribution in [3.05, 3.63) is 47.3 Å². The van der Waals surface area contributed by atoms with Crippen molar-refractivity contribution >= 4 is 30.7 Å². The zero-order valence-electron chi connectivity index (χ0n) is 16.4. The Kier molecular flexibility index (Phi) is 10.5. The van der Waals surface area contributed by atoms with Gasteiger partial charge in [0.15, 0.2) is 5.69 Å². The van der Waals surface area contributed by atoms with Gasteiger partial charge in [0.05, 0.1) is 12.2 Å². The highest BCUT2D eigenvalue weighted by atomic mass is 35.5. The summed E-state index contributed by atoms with van der Waals surface area (Å²) >= 11 is 0. The molecule has 2 heterocycles. The molecule has 1 fully saturated rings. The number of hydrogen-bond donors (Lipinski definition) is 2. The Morgan fingerprint density at radius 2 is 2.00 bits per heavy atom. The first-order valence-corrected chi connectivity index (χ1v) is 9.33. The van der Waals surface area contributed by atoms with Crippen LogP contribution < -0.4 is 10.6 Å². The Morgan fingerprint density at radius 3 is 2.71 bits per heavy atom. The largest absolute Gasteiger partial charge is 0.347 e. The molecule has 0 spiro atoms. The number of amides is 1. The molecule has 0 atom stereocenters. The summed E-state index contributed by atoms with van der Waals surface area (Å²) < 4.78 is 1.83. The minimum Gasteiger partial charge on any atom is -0.347 e. The summed E-state index contributed by atoms with van der Waals surface area (Å²) in [4.78, 5) is 14.6. The normalized spacial score (nSPS) is 14.2. The molecule has 0 bridgehead atoms. The highest BCUT2D eigenvalue weighted by Gasteiger charge is 2.18. The molecule has 28 heavy (non-hydrogen) atoms. The Hall–Kier alpha value is -1.67. The van der Waals surface area contributed by atoms with Gasteiger partial charge in [0.1, 0.15) is 0 Å². The van der Waals surface area contributed by atoms with Crippen LogP contribution in [0.2, 0.25) is 0 Å². The predicted molar refractivity (Wildman–Crippen MR) is 115 cm³/mol. The number of carbonyl (C=O) groups is 1. The molecule has 1 saturated heterocycles. The zero-order valence-corrected chi connectivity index (χ0v) is 18.1. The van der Waals surface area contributed by atoms with Gasteiger partial charge in [-0.3, -0.25) is 4.79 Å². The first-order chi connectivity index (χ1) is 12.7. The van der Waals surface area contributed by atoms with Gasteiger partial charge in [-0.05, 0) is 50.7 Å². The van der Waals surface area contributed by atoms with Gasteiger partial charge in [-0.1, -0.05) is 36.4 Å². The highest BCUT2D eigenvalue weighted by Crippen LogP contribution is 2.17. The van der Waals surface area contributed by atoms with Crippen LogP contribution in [0.4, 0.5) is 0 Å². The lowest BCUT2D eigenvalue weighted by Gasteiger charge is -2.22. The molecule has 1 aliphatic heterocycles. The SMILES string of the molecule is CCN(C)Cc1cccc(CNC(=O)c2cn(C3CCNCC3)nn2)c1.Cl.Cl. The summed E-state index contributed by atoms with van der Waals surface area (Å²) in [6.07, 6.45) is 3.80. The number of aromatic nitrogens is 3. The maximum Gasteiger partial charge on any atom is 0.273 e. The van der Waals surface area contributed by atoms with Crippen molar-refractivity contribution in [1.82, 2.24) is 30.5 Å². The summed E-state index contributed by atoms with van der Waals surface area (Å²) in [5, 5.41) is 14.5. The Labute approximate surface area is 179 Å². The molecule has 1 aromatic carbocycles. The molecule has 0 saturated carbocycles. The summed E-state index contributed by atoms with van der Waals surface area (Å²) in [5.74, 6) is -0.179. The minimum atomic E-state index is -0.179. The summed E-state index contributed by atoms with van der Waals surface area (Å²) in [6, 6.07) is 8.65. The first-order valence-electron chi connectivity index (χ1n) is 9.33. The number of piperidine rings is 1. The number of halogens is 2. The zero-order chi connectivity index (χ0) is 18.4. The van der Waals surface area contributed by atoms with E-state index in [-0.39, 0.29) is 30.7 Å². The molecule has 0 radical (unpaired) electrons. The average Bonchev–Trinajstić information content (AvgIpc) is 3.17. The van der Waals surface area contributed by atoms with Crippen molar-refractivity contribution in [2.24, 2.45) is 0 Å². The van der Waals surface area contributed by atoms with Crippen LogP contribution in [-0.2, 0) is 13.1 Å². The predicted octanol–water partition coefficient (Wildman–Crippen LogP) is 2.43. The summed E-state index contributed by atoms with van der Waals surface area (Å²) in [5.41, 5.74) is 2.72. The number of hydrogen-bond acceptors (Lipinski definition) is 5. The van der Waals surface area contributed by atoms with Crippen molar-refractivity contribution in [2.75, 3.05) is 26.7 Å². The Bertz CT molecular complexity index is 733. The number of benzene rings is 1. The third kappa shape index (κ3) is 6.74. The van der Waals surface area contributed by atoms with E-state index in [0.717, 1.165) is 44.6 Å². The molecule has 156 valence electrons. The quantitative estimate of drug-likeness (QED) is 0.707. The van der Waals surface area contributed by atoms with Crippen LogP contribution in [0.3, 0.4) is 0 Å². The minimum absolute atomic E-state index is 0. The van der Waals surface area contributed by atoms with E-state index in [1.54, 1.807) is 6.20 Å². The van der Waals surface area contributed by atoms with Gasteiger partial charge in [0.25, 0.3) is 5.91 Å². The fourth-order valence-electron chi connectivity index (χ4n) is 3.16. The van der Waals surface area contributed by atoms with E-state index in [1.807, 2.05) is 16.8 Å². The van der Waals surface area contributed by atoms with Crippen LogP contribution in [0.25, 0.3) is 0 Å². The van der Waals surface area contributed by atoms with Crippen molar-refractivity contribution in [3.63, 3.8) is 0 Å². The summed E-state index contributed by atoms with van der Waals surface area (Å²) in [6.45, 7) is 6.51. The van der Waals surface area contributed by atoms with Crippen molar-refractivity contribution in [1.29, 1.82) is 0 Å². The van der Waals surface area contributed by atoms with Gasteiger partial charge in [0.2, 0.25) is 0 Å². The third-order valence-electron chi connectivity index (χ3n) is 4.86. The molecule has 1 aromatic heterocycles. The smallest absolute Gasteiger partial charge is 0.273 e. The number of carbonyl (C=O) groups excluding carboxylic acids is 1. The highest BCUT2D eigenvalue weighted by molar-refractivity contribution is 5.91. The fraction of sp³-hybridized carbons (Fsp3) is 0.526. The van der Waals surface area contributed by atoms with Gasteiger partial charge in [0, 0.05) is 13.1 Å². The van der Waals surface area contributed by atoms with E-state index in [2.05, 4.69) is 51.9 Å². The van der Waals surface area contributed by atoms with E-state index in [0.29, 0.717) is 18.3 Å². The van der Waals surface area contributed by atoms with E-state index < -0.39 is 0 Å². The van der Waals surface area contributed by atoms with Crippen molar-refractivity contribution in [2.45, 2.75) is 38.9 Å². The number of nitrogens with one attached hydrogen (secondary N) is 2. The van der Waals surface area contributed by atoms with Crippen molar-refractivity contribution in [3.8, 4) is 0 Å².